The molecule has 2 fully saturated rings. The maximum Gasteiger partial charge on any atom is 0.157 e. The Morgan fingerprint density at radius 2 is 2.17 bits per heavy atom. The molecule has 3 rings (SSSR count). The van der Waals surface area contributed by atoms with Crippen LogP contribution in [0.5, 0.6) is 0 Å². The third-order valence-corrected chi connectivity index (χ3v) is 4.33. The van der Waals surface area contributed by atoms with Gasteiger partial charge in [-0.1, -0.05) is 12.3 Å². The van der Waals surface area contributed by atoms with Crippen LogP contribution in [0.2, 0.25) is 0 Å². The molecular formula is C15H17FN2. The number of fused-ring (bicyclic) bond motifs is 2. The van der Waals surface area contributed by atoms with Crippen LogP contribution in [0.25, 0.3) is 0 Å². The van der Waals surface area contributed by atoms with Crippen LogP contribution in [-0.2, 0) is 0 Å². The topological polar surface area (TPSA) is 38.9 Å². The van der Waals surface area contributed by atoms with E-state index in [1.54, 1.807) is 12.3 Å². The molecule has 3 heteroatoms. The molecular weight excluding hydrogens is 227 g/mol. The molecule has 1 heterocycles. The van der Waals surface area contributed by atoms with Gasteiger partial charge >= 0.3 is 0 Å². The average molecular weight is 244 g/mol. The minimum absolute atomic E-state index is 0.0109. The Hall–Kier alpha value is -1.40. The first-order valence-electron chi connectivity index (χ1n) is 6.54. The first kappa shape index (κ1) is 11.7. The van der Waals surface area contributed by atoms with Crippen molar-refractivity contribution in [1.82, 2.24) is 4.98 Å². The minimum atomic E-state index is -0.339. The number of hydrogen-bond donors (Lipinski definition) is 1. The smallest absolute Gasteiger partial charge is 0.157 e. The van der Waals surface area contributed by atoms with Gasteiger partial charge in [-0.05, 0) is 50.2 Å². The molecule has 2 aliphatic carbocycles. The predicted octanol–water partition coefficient (Wildman–Crippen LogP) is 2.62. The summed E-state index contributed by atoms with van der Waals surface area (Å²) in [7, 11) is 0. The minimum Gasteiger partial charge on any atom is -0.325 e. The molecule has 0 radical (unpaired) electrons. The molecule has 94 valence electrons. The Bertz CT molecular complexity index is 531. The van der Waals surface area contributed by atoms with E-state index in [2.05, 4.69) is 16.8 Å². The number of pyridine rings is 1. The van der Waals surface area contributed by atoms with Gasteiger partial charge in [-0.2, -0.15) is 0 Å². The second-order valence-electron chi connectivity index (χ2n) is 5.76. The molecule has 0 aliphatic heterocycles. The van der Waals surface area contributed by atoms with E-state index in [0.717, 1.165) is 38.5 Å². The average Bonchev–Trinajstić information content (AvgIpc) is 2.59. The predicted molar refractivity (Wildman–Crippen MR) is 68.1 cm³/mol. The summed E-state index contributed by atoms with van der Waals surface area (Å²) in [6.07, 6.45) is 7.96. The number of nitrogens with two attached hydrogens (primary N) is 1. The first-order chi connectivity index (χ1) is 8.61. The van der Waals surface area contributed by atoms with Gasteiger partial charge < -0.3 is 5.73 Å². The van der Waals surface area contributed by atoms with Crippen molar-refractivity contribution in [3.63, 3.8) is 0 Å². The fraction of sp³-hybridized carbons (Fsp3) is 0.533. The second-order valence-corrected chi connectivity index (χ2v) is 5.76. The van der Waals surface area contributed by atoms with Crippen LogP contribution in [-0.4, -0.2) is 10.5 Å². The SMILES string of the molecule is NC12CCCC(C#Cc3ncccc3F)(CC1)C2. The highest BCUT2D eigenvalue weighted by Crippen LogP contribution is 2.52. The molecule has 2 aliphatic rings. The summed E-state index contributed by atoms with van der Waals surface area (Å²) in [5.41, 5.74) is 6.58. The van der Waals surface area contributed by atoms with Gasteiger partial charge in [0.2, 0.25) is 0 Å². The molecule has 2 atom stereocenters. The van der Waals surface area contributed by atoms with Crippen LogP contribution in [0.4, 0.5) is 4.39 Å². The van der Waals surface area contributed by atoms with E-state index >= 15 is 0 Å². The summed E-state index contributed by atoms with van der Waals surface area (Å²) < 4.78 is 13.5. The summed E-state index contributed by atoms with van der Waals surface area (Å²) in [4.78, 5) is 3.98. The summed E-state index contributed by atoms with van der Waals surface area (Å²) in [6, 6.07) is 2.98. The summed E-state index contributed by atoms with van der Waals surface area (Å²) in [5, 5.41) is 0. The van der Waals surface area contributed by atoms with E-state index in [1.807, 2.05) is 0 Å². The fourth-order valence-electron chi connectivity index (χ4n) is 3.38. The maximum atomic E-state index is 13.5. The lowest BCUT2D eigenvalue weighted by Gasteiger charge is -2.33. The number of nitrogens with zero attached hydrogens (tertiary/aromatic N) is 1. The first-order valence-corrected chi connectivity index (χ1v) is 6.54. The Balaban J connectivity index is 1.88. The van der Waals surface area contributed by atoms with Gasteiger partial charge in [0.05, 0.1) is 0 Å². The van der Waals surface area contributed by atoms with Gasteiger partial charge in [0, 0.05) is 17.2 Å². The van der Waals surface area contributed by atoms with Crippen molar-refractivity contribution in [2.24, 2.45) is 11.1 Å². The molecule has 18 heavy (non-hydrogen) atoms. The monoisotopic (exact) mass is 244 g/mol. The van der Waals surface area contributed by atoms with Gasteiger partial charge in [-0.3, -0.25) is 0 Å². The number of aromatic nitrogens is 1. The molecule has 2 nitrogen and oxygen atoms in total. The molecule has 2 unspecified atom stereocenters. The summed E-state index contributed by atoms with van der Waals surface area (Å²) >= 11 is 0. The molecule has 2 bridgehead atoms. The highest BCUT2D eigenvalue weighted by atomic mass is 19.1. The van der Waals surface area contributed by atoms with E-state index in [1.165, 1.54) is 6.07 Å². The van der Waals surface area contributed by atoms with Gasteiger partial charge in [0.15, 0.2) is 5.82 Å². The van der Waals surface area contributed by atoms with Crippen molar-refractivity contribution >= 4 is 0 Å². The lowest BCUT2D eigenvalue weighted by atomic mass is 9.74. The molecule has 0 aromatic carbocycles. The van der Waals surface area contributed by atoms with Crippen LogP contribution in [0.15, 0.2) is 18.3 Å². The quantitative estimate of drug-likeness (QED) is 0.712. The lowest BCUT2D eigenvalue weighted by molar-refractivity contribution is 0.257. The second kappa shape index (κ2) is 4.07. The maximum absolute atomic E-state index is 13.5. The molecule has 2 saturated carbocycles. The normalized spacial score (nSPS) is 33.9. The van der Waals surface area contributed by atoms with E-state index < -0.39 is 0 Å². The van der Waals surface area contributed by atoms with Gasteiger partial charge in [-0.15, -0.1) is 0 Å². The van der Waals surface area contributed by atoms with Gasteiger partial charge in [-0.25, -0.2) is 9.37 Å². The van der Waals surface area contributed by atoms with Gasteiger partial charge in [0.25, 0.3) is 0 Å². The lowest BCUT2D eigenvalue weighted by Crippen LogP contribution is -2.40. The third-order valence-electron chi connectivity index (χ3n) is 4.33. The number of rotatable bonds is 0. The van der Waals surface area contributed by atoms with Crippen LogP contribution in [0.3, 0.4) is 0 Å². The zero-order chi connectivity index (χ0) is 12.6. The molecule has 2 N–H and O–H groups in total. The zero-order valence-electron chi connectivity index (χ0n) is 10.4. The van der Waals surface area contributed by atoms with Crippen molar-refractivity contribution < 1.29 is 4.39 Å². The van der Waals surface area contributed by atoms with Crippen molar-refractivity contribution in [2.45, 2.75) is 44.1 Å². The summed E-state index contributed by atoms with van der Waals surface area (Å²) in [5.74, 6) is 5.86. The molecule has 1 aromatic heterocycles. The van der Waals surface area contributed by atoms with E-state index in [4.69, 9.17) is 5.73 Å². The number of halogens is 1. The molecule has 0 spiro atoms. The van der Waals surface area contributed by atoms with Crippen molar-refractivity contribution in [3.8, 4) is 11.8 Å². The highest BCUT2D eigenvalue weighted by Gasteiger charge is 2.48. The van der Waals surface area contributed by atoms with Gasteiger partial charge in [0.1, 0.15) is 5.69 Å². The van der Waals surface area contributed by atoms with E-state index in [9.17, 15) is 4.39 Å². The Labute approximate surface area is 107 Å². The van der Waals surface area contributed by atoms with E-state index in [0.29, 0.717) is 0 Å². The Morgan fingerprint density at radius 1 is 1.28 bits per heavy atom. The zero-order valence-corrected chi connectivity index (χ0v) is 10.4. The van der Waals surface area contributed by atoms with Crippen molar-refractivity contribution in [3.05, 3.63) is 29.8 Å². The largest absolute Gasteiger partial charge is 0.325 e. The van der Waals surface area contributed by atoms with Crippen LogP contribution in [0, 0.1) is 23.1 Å². The van der Waals surface area contributed by atoms with Crippen LogP contribution in [0.1, 0.15) is 44.2 Å². The fourth-order valence-corrected chi connectivity index (χ4v) is 3.38. The molecule has 0 saturated heterocycles. The standard InChI is InChI=1S/C15H17FN2/c16-12-3-1-10-18-13(12)4-7-14-5-2-6-15(17,11-14)9-8-14/h1,3,10H,2,5-6,8-9,11,17H2. The number of hydrogen-bond acceptors (Lipinski definition) is 2. The highest BCUT2D eigenvalue weighted by molar-refractivity contribution is 5.32. The van der Waals surface area contributed by atoms with Crippen LogP contribution >= 0.6 is 0 Å². The van der Waals surface area contributed by atoms with Crippen molar-refractivity contribution in [2.75, 3.05) is 0 Å². The summed E-state index contributed by atoms with van der Waals surface area (Å²) in [6.45, 7) is 0. The Morgan fingerprint density at radius 3 is 3.00 bits per heavy atom. The van der Waals surface area contributed by atoms with Crippen LogP contribution < -0.4 is 5.73 Å². The molecule has 0 amide bonds. The molecule has 1 aromatic rings. The third kappa shape index (κ3) is 2.02. The van der Waals surface area contributed by atoms with E-state index in [-0.39, 0.29) is 22.5 Å². The Kier molecular flexibility index (Phi) is 2.64. The van der Waals surface area contributed by atoms with Crippen molar-refractivity contribution in [1.29, 1.82) is 0 Å².